The van der Waals surface area contributed by atoms with E-state index in [0.29, 0.717) is 24.3 Å². The van der Waals surface area contributed by atoms with Gasteiger partial charge in [-0.2, -0.15) is 10.2 Å². The number of hydrazone groups is 2. The average Bonchev–Trinajstić information content (AvgIpc) is 3.01. The number of anilines is 2. The number of carbonyl (C=O) groups is 2. The van der Waals surface area contributed by atoms with Crippen molar-refractivity contribution in [3.63, 3.8) is 0 Å². The van der Waals surface area contributed by atoms with E-state index in [9.17, 15) is 9.59 Å². The van der Waals surface area contributed by atoms with Gasteiger partial charge in [0.1, 0.15) is 0 Å². The summed E-state index contributed by atoms with van der Waals surface area (Å²) in [6.45, 7) is 0.820. The fourth-order valence-electron chi connectivity index (χ4n) is 4.12. The molecule has 2 amide bonds. The van der Waals surface area contributed by atoms with Crippen LogP contribution < -0.4 is 20.7 Å². The fourth-order valence-corrected chi connectivity index (χ4v) is 4.12. The molecule has 0 bridgehead atoms. The van der Waals surface area contributed by atoms with Crippen molar-refractivity contribution >= 4 is 35.6 Å². The zero-order chi connectivity index (χ0) is 30.6. The van der Waals surface area contributed by atoms with E-state index in [1.807, 2.05) is 111 Å². The lowest BCUT2D eigenvalue weighted by Gasteiger charge is -2.12. The fraction of sp³-hybridized carbons (Fsp3) is 0.176. The maximum absolute atomic E-state index is 12.6. The Kier molecular flexibility index (Phi) is 10.8. The summed E-state index contributed by atoms with van der Waals surface area (Å²) in [5.74, 6) is -0.626. The molecule has 43 heavy (non-hydrogen) atoms. The van der Waals surface area contributed by atoms with Gasteiger partial charge in [-0.05, 0) is 89.0 Å². The highest BCUT2D eigenvalue weighted by atomic mass is 16.5. The Labute approximate surface area is 252 Å². The van der Waals surface area contributed by atoms with E-state index >= 15 is 0 Å². The molecule has 0 spiro atoms. The number of amides is 2. The lowest BCUT2D eigenvalue weighted by molar-refractivity contribution is 0.0947. The van der Waals surface area contributed by atoms with Gasteiger partial charge in [-0.3, -0.25) is 9.59 Å². The second kappa shape index (κ2) is 15.1. The molecule has 4 aromatic carbocycles. The van der Waals surface area contributed by atoms with Crippen molar-refractivity contribution in [1.82, 2.24) is 10.9 Å². The van der Waals surface area contributed by atoms with E-state index in [2.05, 4.69) is 21.1 Å². The lowest BCUT2D eigenvalue weighted by Crippen LogP contribution is -2.18. The number of nitrogens with one attached hydrogen (secondary N) is 2. The van der Waals surface area contributed by atoms with Gasteiger partial charge in [0.25, 0.3) is 11.8 Å². The van der Waals surface area contributed by atoms with Gasteiger partial charge in [0.15, 0.2) is 0 Å². The number of ether oxygens (including phenoxy) is 1. The first kappa shape index (κ1) is 30.7. The van der Waals surface area contributed by atoms with Crippen molar-refractivity contribution in [3.05, 3.63) is 130 Å². The predicted molar refractivity (Wildman–Crippen MR) is 173 cm³/mol. The Morgan fingerprint density at radius 1 is 0.628 bits per heavy atom. The van der Waals surface area contributed by atoms with Crippen LogP contribution in [-0.4, -0.2) is 52.4 Å². The Bertz CT molecular complexity index is 1470. The summed E-state index contributed by atoms with van der Waals surface area (Å²) >= 11 is 0. The summed E-state index contributed by atoms with van der Waals surface area (Å²) in [4.78, 5) is 29.1. The summed E-state index contributed by atoms with van der Waals surface area (Å²) in [6, 6.07) is 30.1. The predicted octanol–water partition coefficient (Wildman–Crippen LogP) is 5.06. The molecule has 4 aromatic rings. The molecule has 9 heteroatoms. The van der Waals surface area contributed by atoms with Crippen LogP contribution in [0.15, 0.2) is 107 Å². The van der Waals surface area contributed by atoms with E-state index in [1.54, 1.807) is 36.7 Å². The summed E-state index contributed by atoms with van der Waals surface area (Å²) in [7, 11) is 7.77. The van der Waals surface area contributed by atoms with E-state index in [0.717, 1.165) is 33.6 Å². The number of carbonyl (C=O) groups excluding carboxylic acids is 2. The van der Waals surface area contributed by atoms with Crippen LogP contribution in [0.4, 0.5) is 11.4 Å². The maximum atomic E-state index is 12.6. The third kappa shape index (κ3) is 9.37. The van der Waals surface area contributed by atoms with Crippen LogP contribution in [0.1, 0.15) is 43.0 Å². The van der Waals surface area contributed by atoms with E-state index < -0.39 is 0 Å². The third-order valence-electron chi connectivity index (χ3n) is 6.47. The van der Waals surface area contributed by atoms with Crippen LogP contribution in [0.2, 0.25) is 0 Å². The molecule has 0 aromatic heterocycles. The molecule has 0 radical (unpaired) electrons. The second-order valence-electron chi connectivity index (χ2n) is 10.3. The van der Waals surface area contributed by atoms with Gasteiger partial charge in [0.2, 0.25) is 0 Å². The van der Waals surface area contributed by atoms with E-state index in [-0.39, 0.29) is 11.8 Å². The van der Waals surface area contributed by atoms with Crippen LogP contribution in [0.25, 0.3) is 0 Å². The molecule has 0 unspecified atom stereocenters. The minimum Gasteiger partial charge on any atom is -0.378 e. The molecule has 0 saturated heterocycles. The molecule has 4 rings (SSSR count). The monoisotopic (exact) mass is 576 g/mol. The van der Waals surface area contributed by atoms with Crippen LogP contribution in [0.5, 0.6) is 0 Å². The van der Waals surface area contributed by atoms with Gasteiger partial charge in [0.05, 0.1) is 25.6 Å². The molecule has 0 heterocycles. The molecule has 0 fully saturated rings. The largest absolute Gasteiger partial charge is 0.378 e. The number of hydrogen-bond acceptors (Lipinski definition) is 7. The molecule has 220 valence electrons. The number of rotatable bonds is 12. The van der Waals surface area contributed by atoms with Crippen molar-refractivity contribution in [1.29, 1.82) is 0 Å². The zero-order valence-electron chi connectivity index (χ0n) is 24.8. The molecule has 0 saturated carbocycles. The summed E-state index contributed by atoms with van der Waals surface area (Å²) in [5, 5.41) is 8.32. The minimum atomic E-state index is -0.313. The molecular formula is C34H36N6O3. The van der Waals surface area contributed by atoms with Crippen molar-refractivity contribution in [2.24, 2.45) is 10.2 Å². The number of benzene rings is 4. The normalized spacial score (nSPS) is 11.1. The molecular weight excluding hydrogens is 540 g/mol. The maximum Gasteiger partial charge on any atom is 0.271 e. The first-order valence-electron chi connectivity index (χ1n) is 13.8. The summed E-state index contributed by atoms with van der Waals surface area (Å²) < 4.78 is 5.93. The molecule has 0 atom stereocenters. The Morgan fingerprint density at radius 2 is 1.07 bits per heavy atom. The van der Waals surface area contributed by atoms with Gasteiger partial charge in [-0.15, -0.1) is 0 Å². The van der Waals surface area contributed by atoms with Gasteiger partial charge < -0.3 is 14.5 Å². The third-order valence-corrected chi connectivity index (χ3v) is 6.47. The van der Waals surface area contributed by atoms with Crippen molar-refractivity contribution < 1.29 is 14.3 Å². The van der Waals surface area contributed by atoms with E-state index in [1.165, 1.54) is 0 Å². The molecule has 0 aliphatic rings. The SMILES string of the molecule is CN(C)c1ccc(C(=O)NN=Cc2cc(C=NNC(=O)c3ccc(N(C)C)cc3)cc(COCc3ccccc3)c2)cc1. The number of nitrogens with zero attached hydrogens (tertiary/aromatic N) is 4. The lowest BCUT2D eigenvalue weighted by atomic mass is 10.1. The van der Waals surface area contributed by atoms with Gasteiger partial charge in [0, 0.05) is 50.7 Å². The smallest absolute Gasteiger partial charge is 0.271 e. The molecule has 0 aliphatic carbocycles. The zero-order valence-corrected chi connectivity index (χ0v) is 24.8. The second-order valence-corrected chi connectivity index (χ2v) is 10.3. The summed E-state index contributed by atoms with van der Waals surface area (Å²) in [5.41, 5.74) is 11.6. The van der Waals surface area contributed by atoms with Crippen LogP contribution in [-0.2, 0) is 18.0 Å². The minimum absolute atomic E-state index is 0.313. The molecule has 0 aliphatic heterocycles. The highest BCUT2D eigenvalue weighted by Gasteiger charge is 2.07. The Hall–Kier alpha value is -5.28. The highest BCUT2D eigenvalue weighted by molar-refractivity contribution is 5.96. The number of hydrogen-bond donors (Lipinski definition) is 2. The first-order valence-corrected chi connectivity index (χ1v) is 13.8. The topological polar surface area (TPSA) is 98.6 Å². The van der Waals surface area contributed by atoms with Gasteiger partial charge in [-0.25, -0.2) is 10.9 Å². The van der Waals surface area contributed by atoms with Crippen LogP contribution in [0, 0.1) is 0 Å². The van der Waals surface area contributed by atoms with Crippen molar-refractivity contribution in [3.8, 4) is 0 Å². The molecule has 2 N–H and O–H groups in total. The quantitative estimate of drug-likeness (QED) is 0.181. The van der Waals surface area contributed by atoms with E-state index in [4.69, 9.17) is 4.74 Å². The average molecular weight is 577 g/mol. The van der Waals surface area contributed by atoms with Crippen molar-refractivity contribution in [2.45, 2.75) is 13.2 Å². The Morgan fingerprint density at radius 3 is 1.51 bits per heavy atom. The van der Waals surface area contributed by atoms with Crippen LogP contribution >= 0.6 is 0 Å². The van der Waals surface area contributed by atoms with Crippen molar-refractivity contribution in [2.75, 3.05) is 38.0 Å². The van der Waals surface area contributed by atoms with Crippen LogP contribution in [0.3, 0.4) is 0 Å². The van der Waals surface area contributed by atoms with Gasteiger partial charge >= 0.3 is 0 Å². The Balaban J connectivity index is 1.44. The van der Waals surface area contributed by atoms with Gasteiger partial charge in [-0.1, -0.05) is 30.3 Å². The summed E-state index contributed by atoms with van der Waals surface area (Å²) in [6.07, 6.45) is 3.13. The first-order chi connectivity index (χ1) is 20.8. The molecule has 9 nitrogen and oxygen atoms in total. The standard InChI is InChI=1S/C34H36N6O3/c1-39(2)31-14-10-29(11-15-31)33(41)37-35-21-26-18-27(20-28(19-26)24-43-23-25-8-6-5-7-9-25)22-36-38-34(42)30-12-16-32(17-13-30)40(3)4/h5-22H,23-24H2,1-4H3,(H,37,41)(H,38,42). The highest BCUT2D eigenvalue weighted by Crippen LogP contribution is 2.14.